The number of rotatable bonds is 6. The Morgan fingerprint density at radius 1 is 1.21 bits per heavy atom. The van der Waals surface area contributed by atoms with Crippen molar-refractivity contribution in [1.29, 1.82) is 0 Å². The molecule has 1 atom stereocenters. The van der Waals surface area contributed by atoms with Crippen molar-refractivity contribution in [1.82, 2.24) is 25.0 Å². The zero-order chi connectivity index (χ0) is 19.3. The van der Waals surface area contributed by atoms with Gasteiger partial charge in [0.25, 0.3) is 5.91 Å². The first kappa shape index (κ1) is 18.8. The molecule has 1 unspecified atom stereocenters. The van der Waals surface area contributed by atoms with Crippen molar-refractivity contribution in [3.8, 4) is 0 Å². The number of methoxy groups -OCH3 is 1. The topological polar surface area (TPSA) is 97.5 Å². The SMILES string of the molecule is COCCc1noc(C2CCCN(c3cncc(C(=O)N4CCCC4)n3)C2)n1. The monoisotopic (exact) mass is 386 g/mol. The fraction of sp³-hybridized carbons (Fsp3) is 0.632. The Balaban J connectivity index is 1.45. The van der Waals surface area contributed by atoms with Gasteiger partial charge in [0.15, 0.2) is 5.82 Å². The van der Waals surface area contributed by atoms with Crippen molar-refractivity contribution in [2.24, 2.45) is 0 Å². The van der Waals surface area contributed by atoms with Crippen LogP contribution in [-0.2, 0) is 11.2 Å². The fourth-order valence-corrected chi connectivity index (χ4v) is 3.81. The van der Waals surface area contributed by atoms with E-state index in [1.54, 1.807) is 19.5 Å². The molecule has 2 saturated heterocycles. The molecule has 2 fully saturated rings. The van der Waals surface area contributed by atoms with Crippen LogP contribution in [0, 0.1) is 0 Å². The van der Waals surface area contributed by atoms with E-state index in [9.17, 15) is 4.79 Å². The molecule has 4 rings (SSSR count). The average Bonchev–Trinajstić information content (AvgIpc) is 3.44. The van der Waals surface area contributed by atoms with Crippen LogP contribution < -0.4 is 4.90 Å². The largest absolute Gasteiger partial charge is 0.384 e. The number of hydrogen-bond acceptors (Lipinski definition) is 8. The van der Waals surface area contributed by atoms with Crippen LogP contribution in [0.2, 0.25) is 0 Å². The van der Waals surface area contributed by atoms with Crippen LogP contribution in [-0.4, -0.2) is 70.8 Å². The van der Waals surface area contributed by atoms with Crippen LogP contribution in [0.5, 0.6) is 0 Å². The maximum Gasteiger partial charge on any atom is 0.274 e. The fourth-order valence-electron chi connectivity index (χ4n) is 3.81. The molecule has 0 aromatic carbocycles. The quantitative estimate of drug-likeness (QED) is 0.739. The standard InChI is InChI=1S/C19H26N6O3/c1-27-10-6-16-22-18(28-23-16)14-5-4-9-25(13-14)17-12-20-11-15(21-17)19(26)24-7-2-3-8-24/h11-12,14H,2-10,13H2,1H3. The van der Waals surface area contributed by atoms with Gasteiger partial charge in [0.1, 0.15) is 11.5 Å². The van der Waals surface area contributed by atoms with Crippen LogP contribution in [0.25, 0.3) is 0 Å². The number of nitrogens with zero attached hydrogens (tertiary/aromatic N) is 6. The Morgan fingerprint density at radius 3 is 2.89 bits per heavy atom. The predicted molar refractivity (Wildman–Crippen MR) is 101 cm³/mol. The lowest BCUT2D eigenvalue weighted by atomic mass is 9.98. The Morgan fingerprint density at radius 2 is 2.07 bits per heavy atom. The van der Waals surface area contributed by atoms with E-state index in [4.69, 9.17) is 9.26 Å². The number of carbonyl (C=O) groups is 1. The highest BCUT2D eigenvalue weighted by atomic mass is 16.5. The molecule has 0 bridgehead atoms. The zero-order valence-corrected chi connectivity index (χ0v) is 16.2. The van der Waals surface area contributed by atoms with E-state index in [-0.39, 0.29) is 11.8 Å². The Bertz CT molecular complexity index is 804. The number of aromatic nitrogens is 4. The van der Waals surface area contributed by atoms with Crippen molar-refractivity contribution in [3.05, 3.63) is 29.8 Å². The third-order valence-corrected chi connectivity index (χ3v) is 5.34. The minimum atomic E-state index is -0.0277. The van der Waals surface area contributed by atoms with Crippen molar-refractivity contribution >= 4 is 11.7 Å². The average molecular weight is 386 g/mol. The molecule has 9 nitrogen and oxygen atoms in total. The van der Waals surface area contributed by atoms with Crippen LogP contribution in [0.4, 0.5) is 5.82 Å². The molecular weight excluding hydrogens is 360 g/mol. The van der Waals surface area contributed by atoms with E-state index in [2.05, 4.69) is 25.0 Å². The van der Waals surface area contributed by atoms with Gasteiger partial charge in [0, 0.05) is 39.7 Å². The van der Waals surface area contributed by atoms with Gasteiger partial charge in [-0.05, 0) is 25.7 Å². The van der Waals surface area contributed by atoms with E-state index in [1.165, 1.54) is 0 Å². The maximum atomic E-state index is 12.6. The lowest BCUT2D eigenvalue weighted by Crippen LogP contribution is -2.36. The third kappa shape index (κ3) is 4.14. The molecule has 0 aliphatic carbocycles. The molecule has 1 amide bonds. The van der Waals surface area contributed by atoms with E-state index < -0.39 is 0 Å². The van der Waals surface area contributed by atoms with E-state index in [1.807, 2.05) is 4.90 Å². The van der Waals surface area contributed by atoms with Crippen LogP contribution in [0.3, 0.4) is 0 Å². The Labute approximate surface area is 164 Å². The maximum absolute atomic E-state index is 12.6. The summed E-state index contributed by atoms with van der Waals surface area (Å²) < 4.78 is 10.5. The van der Waals surface area contributed by atoms with Gasteiger partial charge in [-0.15, -0.1) is 0 Å². The number of carbonyl (C=O) groups excluding carboxylic acids is 1. The number of piperidine rings is 1. The zero-order valence-electron chi connectivity index (χ0n) is 16.2. The van der Waals surface area contributed by atoms with Crippen molar-refractivity contribution in [2.75, 3.05) is 44.8 Å². The van der Waals surface area contributed by atoms with Gasteiger partial charge in [0.05, 0.1) is 24.9 Å². The highest BCUT2D eigenvalue weighted by Gasteiger charge is 2.28. The molecule has 0 saturated carbocycles. The molecular formula is C19H26N6O3. The number of anilines is 1. The van der Waals surface area contributed by atoms with Crippen LogP contribution in [0.15, 0.2) is 16.9 Å². The van der Waals surface area contributed by atoms with Gasteiger partial charge < -0.3 is 19.1 Å². The lowest BCUT2D eigenvalue weighted by Gasteiger charge is -2.31. The summed E-state index contributed by atoms with van der Waals surface area (Å²) in [5.74, 6) is 2.19. The minimum absolute atomic E-state index is 0.0277. The Kier molecular flexibility index (Phi) is 5.80. The first-order chi connectivity index (χ1) is 13.7. The molecule has 2 aromatic rings. The first-order valence-corrected chi connectivity index (χ1v) is 9.92. The molecule has 2 aromatic heterocycles. The summed E-state index contributed by atoms with van der Waals surface area (Å²) in [6.07, 6.45) is 8.02. The van der Waals surface area contributed by atoms with Crippen LogP contribution in [0.1, 0.15) is 53.8 Å². The van der Waals surface area contributed by atoms with Crippen molar-refractivity contribution in [3.63, 3.8) is 0 Å². The van der Waals surface area contributed by atoms with Crippen molar-refractivity contribution < 1.29 is 14.1 Å². The summed E-state index contributed by atoms with van der Waals surface area (Å²) in [6, 6.07) is 0. The molecule has 2 aliphatic heterocycles. The molecule has 150 valence electrons. The minimum Gasteiger partial charge on any atom is -0.384 e. The predicted octanol–water partition coefficient (Wildman–Crippen LogP) is 1.67. The summed E-state index contributed by atoms with van der Waals surface area (Å²) in [5, 5.41) is 4.05. The Hall–Kier alpha value is -2.55. The lowest BCUT2D eigenvalue weighted by molar-refractivity contribution is 0.0786. The van der Waals surface area contributed by atoms with Gasteiger partial charge in [-0.25, -0.2) is 4.98 Å². The summed E-state index contributed by atoms with van der Waals surface area (Å²) in [6.45, 7) is 3.78. The second-order valence-electron chi connectivity index (χ2n) is 7.34. The number of ether oxygens (including phenoxy) is 1. The molecule has 2 aliphatic rings. The molecule has 0 radical (unpaired) electrons. The smallest absolute Gasteiger partial charge is 0.274 e. The van der Waals surface area contributed by atoms with Gasteiger partial charge in [-0.1, -0.05) is 5.16 Å². The molecule has 4 heterocycles. The number of amides is 1. The molecule has 0 N–H and O–H groups in total. The summed E-state index contributed by atoms with van der Waals surface area (Å²) in [7, 11) is 1.66. The van der Waals surface area contributed by atoms with Crippen LogP contribution >= 0.6 is 0 Å². The first-order valence-electron chi connectivity index (χ1n) is 9.92. The van der Waals surface area contributed by atoms with E-state index in [0.29, 0.717) is 30.4 Å². The van der Waals surface area contributed by atoms with E-state index in [0.717, 1.165) is 57.7 Å². The van der Waals surface area contributed by atoms with Gasteiger partial charge >= 0.3 is 0 Å². The van der Waals surface area contributed by atoms with E-state index >= 15 is 0 Å². The third-order valence-electron chi connectivity index (χ3n) is 5.34. The second-order valence-corrected chi connectivity index (χ2v) is 7.34. The van der Waals surface area contributed by atoms with Gasteiger partial charge in [-0.2, -0.15) is 4.98 Å². The number of hydrogen-bond donors (Lipinski definition) is 0. The molecule has 0 spiro atoms. The van der Waals surface area contributed by atoms with Gasteiger partial charge in [0.2, 0.25) is 5.89 Å². The summed E-state index contributed by atoms with van der Waals surface area (Å²) >= 11 is 0. The van der Waals surface area contributed by atoms with Gasteiger partial charge in [-0.3, -0.25) is 9.78 Å². The summed E-state index contributed by atoms with van der Waals surface area (Å²) in [4.78, 5) is 30.0. The molecule has 9 heteroatoms. The second kappa shape index (κ2) is 8.64. The normalized spacial score (nSPS) is 20.0. The molecule has 28 heavy (non-hydrogen) atoms. The highest BCUT2D eigenvalue weighted by molar-refractivity contribution is 5.92. The summed E-state index contributed by atoms with van der Waals surface area (Å²) in [5.41, 5.74) is 0.418. The number of likely N-dealkylation sites (tertiary alicyclic amines) is 1. The van der Waals surface area contributed by atoms with Crippen molar-refractivity contribution in [2.45, 2.75) is 38.0 Å². The highest BCUT2D eigenvalue weighted by Crippen LogP contribution is 2.28.